The average molecular weight is 310 g/mol. The molecular weight excluding hydrogens is 290 g/mol. The second-order valence-corrected chi connectivity index (χ2v) is 7.39. The molecule has 1 amide bonds. The molecule has 108 valence electrons. The van der Waals surface area contributed by atoms with Gasteiger partial charge >= 0.3 is 0 Å². The van der Waals surface area contributed by atoms with Crippen molar-refractivity contribution < 1.29 is 4.79 Å². The summed E-state index contributed by atoms with van der Waals surface area (Å²) in [5.41, 5.74) is 1.21. The van der Waals surface area contributed by atoms with Crippen LogP contribution in [-0.2, 0) is 10.5 Å². The lowest BCUT2D eigenvalue weighted by Gasteiger charge is -2.22. The maximum absolute atomic E-state index is 12.0. The van der Waals surface area contributed by atoms with E-state index in [2.05, 4.69) is 5.32 Å². The largest absolute Gasteiger partial charge is 0.352 e. The van der Waals surface area contributed by atoms with Crippen LogP contribution < -0.4 is 5.32 Å². The minimum atomic E-state index is 0.196. The zero-order valence-corrected chi connectivity index (χ0v) is 13.1. The van der Waals surface area contributed by atoms with Crippen molar-refractivity contribution in [2.75, 3.05) is 5.75 Å². The van der Waals surface area contributed by atoms with Crippen molar-refractivity contribution in [3.8, 4) is 0 Å². The summed E-state index contributed by atoms with van der Waals surface area (Å²) in [6.07, 6.45) is 5.23. The minimum absolute atomic E-state index is 0.196. The van der Waals surface area contributed by atoms with Gasteiger partial charge in [0, 0.05) is 16.8 Å². The number of hydrogen-bond donors (Lipinski definition) is 1. The maximum Gasteiger partial charge on any atom is 0.230 e. The first-order valence-corrected chi connectivity index (χ1v) is 8.85. The Kier molecular flexibility index (Phi) is 4.57. The molecule has 2 saturated carbocycles. The molecule has 3 atom stereocenters. The van der Waals surface area contributed by atoms with E-state index in [-0.39, 0.29) is 5.91 Å². The molecule has 2 aliphatic rings. The third kappa shape index (κ3) is 3.50. The number of hydrogen-bond acceptors (Lipinski definition) is 2. The van der Waals surface area contributed by atoms with Gasteiger partial charge in [0.2, 0.25) is 5.91 Å². The van der Waals surface area contributed by atoms with Gasteiger partial charge in [-0.05, 0) is 48.8 Å². The molecule has 0 saturated heterocycles. The van der Waals surface area contributed by atoms with Gasteiger partial charge in [0.1, 0.15) is 0 Å². The highest BCUT2D eigenvalue weighted by molar-refractivity contribution is 7.99. The van der Waals surface area contributed by atoms with E-state index >= 15 is 0 Å². The summed E-state index contributed by atoms with van der Waals surface area (Å²) in [7, 11) is 0. The van der Waals surface area contributed by atoms with Crippen LogP contribution in [0.3, 0.4) is 0 Å². The van der Waals surface area contributed by atoms with E-state index in [4.69, 9.17) is 11.6 Å². The van der Waals surface area contributed by atoms with E-state index < -0.39 is 0 Å². The highest BCUT2D eigenvalue weighted by atomic mass is 35.5. The fraction of sp³-hybridized carbons (Fsp3) is 0.562. The van der Waals surface area contributed by atoms with Gasteiger partial charge in [0.25, 0.3) is 0 Å². The Morgan fingerprint density at radius 1 is 1.25 bits per heavy atom. The van der Waals surface area contributed by atoms with E-state index in [0.29, 0.717) is 11.8 Å². The van der Waals surface area contributed by atoms with Crippen molar-refractivity contribution >= 4 is 29.3 Å². The lowest BCUT2D eigenvalue weighted by molar-refractivity contribution is -0.119. The number of nitrogens with one attached hydrogen (secondary N) is 1. The lowest BCUT2D eigenvalue weighted by atomic mass is 9.95. The Morgan fingerprint density at radius 3 is 2.70 bits per heavy atom. The van der Waals surface area contributed by atoms with Gasteiger partial charge in [-0.15, -0.1) is 11.8 Å². The van der Waals surface area contributed by atoms with E-state index in [9.17, 15) is 4.79 Å². The van der Waals surface area contributed by atoms with Crippen molar-refractivity contribution in [2.24, 2.45) is 11.8 Å². The number of fused-ring (bicyclic) bond motifs is 2. The molecule has 0 aromatic heterocycles. The molecule has 0 heterocycles. The van der Waals surface area contributed by atoms with Crippen molar-refractivity contribution in [1.29, 1.82) is 0 Å². The molecule has 0 aliphatic heterocycles. The topological polar surface area (TPSA) is 29.1 Å². The Morgan fingerprint density at radius 2 is 2.05 bits per heavy atom. The molecule has 2 fully saturated rings. The monoisotopic (exact) mass is 309 g/mol. The summed E-state index contributed by atoms with van der Waals surface area (Å²) < 4.78 is 0. The van der Waals surface area contributed by atoms with Crippen molar-refractivity contribution in [3.63, 3.8) is 0 Å². The summed E-state index contributed by atoms with van der Waals surface area (Å²) in [5.74, 6) is 3.25. The number of halogens is 1. The predicted molar refractivity (Wildman–Crippen MR) is 85.0 cm³/mol. The lowest BCUT2D eigenvalue weighted by Crippen LogP contribution is -2.39. The Labute approximate surface area is 129 Å². The van der Waals surface area contributed by atoms with E-state index in [1.54, 1.807) is 11.8 Å². The van der Waals surface area contributed by atoms with E-state index in [0.717, 1.165) is 22.6 Å². The molecule has 2 nitrogen and oxygen atoms in total. The molecular formula is C16H20ClNOS. The van der Waals surface area contributed by atoms with E-state index in [1.807, 2.05) is 24.3 Å². The van der Waals surface area contributed by atoms with Crippen LogP contribution in [0.5, 0.6) is 0 Å². The Balaban J connectivity index is 1.38. The second-order valence-electron chi connectivity index (χ2n) is 5.97. The summed E-state index contributed by atoms with van der Waals surface area (Å²) in [4.78, 5) is 12.0. The first-order valence-electron chi connectivity index (χ1n) is 7.32. The minimum Gasteiger partial charge on any atom is -0.352 e. The average Bonchev–Trinajstić information content (AvgIpc) is 3.03. The number of rotatable bonds is 5. The van der Waals surface area contributed by atoms with Crippen LogP contribution in [0.1, 0.15) is 31.2 Å². The molecule has 20 heavy (non-hydrogen) atoms. The van der Waals surface area contributed by atoms with Crippen molar-refractivity contribution in [1.82, 2.24) is 5.32 Å². The molecule has 0 spiro atoms. The van der Waals surface area contributed by atoms with Gasteiger partial charge in [-0.3, -0.25) is 4.79 Å². The van der Waals surface area contributed by atoms with E-state index in [1.165, 1.54) is 31.2 Å². The van der Waals surface area contributed by atoms with Crippen LogP contribution in [0, 0.1) is 11.8 Å². The van der Waals surface area contributed by atoms with Crippen LogP contribution in [0.15, 0.2) is 24.3 Å². The second kappa shape index (κ2) is 6.40. The summed E-state index contributed by atoms with van der Waals surface area (Å²) in [5, 5.41) is 3.98. The third-order valence-corrected chi connectivity index (χ3v) is 5.76. The van der Waals surface area contributed by atoms with Crippen molar-refractivity contribution in [3.05, 3.63) is 34.9 Å². The molecule has 1 N–H and O–H groups in total. The normalized spacial score (nSPS) is 27.8. The molecule has 1 aromatic rings. The SMILES string of the molecule is O=C(CSCc1ccc(Cl)cc1)NC1CC2CCC1C2. The maximum atomic E-state index is 12.0. The number of thioether (sulfide) groups is 1. The Hall–Kier alpha value is -0.670. The van der Waals surface area contributed by atoms with Crippen LogP contribution in [0.25, 0.3) is 0 Å². The zero-order valence-electron chi connectivity index (χ0n) is 11.5. The molecule has 0 radical (unpaired) electrons. The quantitative estimate of drug-likeness (QED) is 0.894. The first-order chi connectivity index (χ1) is 9.70. The highest BCUT2D eigenvalue weighted by Gasteiger charge is 2.39. The van der Waals surface area contributed by atoms with Gasteiger partial charge in [-0.25, -0.2) is 0 Å². The fourth-order valence-corrected chi connectivity index (χ4v) is 4.44. The standard InChI is InChI=1S/C16H20ClNOS/c17-14-5-2-11(3-6-14)9-20-10-16(19)18-15-8-12-1-4-13(15)7-12/h2-3,5-6,12-13,15H,1,4,7-10H2,(H,18,19). The number of carbonyl (C=O) groups is 1. The Bertz CT molecular complexity index is 476. The van der Waals surface area contributed by atoms with Gasteiger partial charge in [0.05, 0.1) is 5.75 Å². The first kappa shape index (κ1) is 14.3. The van der Waals surface area contributed by atoms with Crippen molar-refractivity contribution in [2.45, 2.75) is 37.5 Å². The zero-order chi connectivity index (χ0) is 13.9. The molecule has 3 rings (SSSR count). The van der Waals surface area contributed by atoms with Gasteiger partial charge in [-0.2, -0.15) is 0 Å². The summed E-state index contributed by atoms with van der Waals surface area (Å²) >= 11 is 7.52. The predicted octanol–water partition coefficient (Wildman–Crippen LogP) is 3.88. The van der Waals surface area contributed by atoms with Gasteiger partial charge < -0.3 is 5.32 Å². The number of carbonyl (C=O) groups excluding carboxylic acids is 1. The molecule has 2 aliphatic carbocycles. The molecule has 3 unspecified atom stereocenters. The molecule has 2 bridgehead atoms. The molecule has 1 aromatic carbocycles. The van der Waals surface area contributed by atoms with Crippen LogP contribution in [0.2, 0.25) is 5.02 Å². The summed E-state index contributed by atoms with van der Waals surface area (Å²) in [6, 6.07) is 8.28. The molecule has 4 heteroatoms. The third-order valence-electron chi connectivity index (χ3n) is 4.50. The van der Waals surface area contributed by atoms with Crippen LogP contribution >= 0.6 is 23.4 Å². The highest BCUT2D eigenvalue weighted by Crippen LogP contribution is 2.44. The number of benzene rings is 1. The fourth-order valence-electron chi connectivity index (χ4n) is 3.51. The smallest absolute Gasteiger partial charge is 0.230 e. The van der Waals surface area contributed by atoms with Gasteiger partial charge in [-0.1, -0.05) is 30.2 Å². The van der Waals surface area contributed by atoms with Gasteiger partial charge in [0.15, 0.2) is 0 Å². The van der Waals surface area contributed by atoms with Crippen LogP contribution in [0.4, 0.5) is 0 Å². The summed E-state index contributed by atoms with van der Waals surface area (Å²) in [6.45, 7) is 0. The van der Waals surface area contributed by atoms with Crippen LogP contribution in [-0.4, -0.2) is 17.7 Å². The number of amides is 1.